The first kappa shape index (κ1) is 20.6. The van der Waals surface area contributed by atoms with Gasteiger partial charge in [0.15, 0.2) is 11.5 Å². The number of ether oxygens (including phenoxy) is 2. The van der Waals surface area contributed by atoms with E-state index < -0.39 is 0 Å². The molecule has 0 bridgehead atoms. The Hall–Kier alpha value is -3.09. The maximum Gasteiger partial charge on any atom is 0.253 e. The second kappa shape index (κ2) is 9.41. The highest BCUT2D eigenvalue weighted by Gasteiger charge is 2.25. The summed E-state index contributed by atoms with van der Waals surface area (Å²) in [4.78, 5) is 26.8. The maximum atomic E-state index is 13.2. The lowest BCUT2D eigenvalue weighted by Gasteiger charge is -2.32. The SMILES string of the molecule is COc1ccc(C(=O)N2CCC(NC(=O)Cc3cccc(F)c3)CC2)cc1OC. The number of benzene rings is 2. The first-order valence-electron chi connectivity index (χ1n) is 9.55. The molecule has 0 unspecified atom stereocenters. The van der Waals surface area contributed by atoms with Crippen LogP contribution in [0, 0.1) is 5.82 Å². The Bertz CT molecular complexity index is 879. The van der Waals surface area contributed by atoms with Gasteiger partial charge in [0.25, 0.3) is 5.91 Å². The topological polar surface area (TPSA) is 67.9 Å². The molecule has 0 radical (unpaired) electrons. The van der Waals surface area contributed by atoms with Crippen molar-refractivity contribution in [3.8, 4) is 11.5 Å². The van der Waals surface area contributed by atoms with Crippen LogP contribution in [0.25, 0.3) is 0 Å². The number of nitrogens with zero attached hydrogens (tertiary/aromatic N) is 1. The van der Waals surface area contributed by atoms with Crippen LogP contribution in [-0.2, 0) is 11.2 Å². The highest BCUT2D eigenvalue weighted by atomic mass is 19.1. The molecule has 2 aromatic rings. The van der Waals surface area contributed by atoms with Crippen LogP contribution < -0.4 is 14.8 Å². The van der Waals surface area contributed by atoms with E-state index in [4.69, 9.17) is 9.47 Å². The van der Waals surface area contributed by atoms with Crippen molar-refractivity contribution in [2.24, 2.45) is 0 Å². The fourth-order valence-corrected chi connectivity index (χ4v) is 3.49. The largest absolute Gasteiger partial charge is 0.493 e. The van der Waals surface area contributed by atoms with Crippen LogP contribution in [-0.4, -0.2) is 50.1 Å². The number of carbonyl (C=O) groups is 2. The van der Waals surface area contributed by atoms with E-state index in [1.54, 1.807) is 42.3 Å². The van der Waals surface area contributed by atoms with E-state index in [-0.39, 0.29) is 30.1 Å². The van der Waals surface area contributed by atoms with Crippen LogP contribution in [0.5, 0.6) is 11.5 Å². The van der Waals surface area contributed by atoms with Gasteiger partial charge in [-0.05, 0) is 48.7 Å². The fraction of sp³-hybridized carbons (Fsp3) is 0.364. The summed E-state index contributed by atoms with van der Waals surface area (Å²) in [5, 5.41) is 2.98. The monoisotopic (exact) mass is 400 g/mol. The van der Waals surface area contributed by atoms with Crippen molar-refractivity contribution in [2.75, 3.05) is 27.3 Å². The van der Waals surface area contributed by atoms with Crippen molar-refractivity contribution in [3.63, 3.8) is 0 Å². The number of halogens is 1. The maximum absolute atomic E-state index is 13.2. The van der Waals surface area contributed by atoms with Gasteiger partial charge in [0.1, 0.15) is 5.82 Å². The predicted octanol–water partition coefficient (Wildman–Crippen LogP) is 2.81. The quantitative estimate of drug-likeness (QED) is 0.810. The van der Waals surface area contributed by atoms with Crippen molar-refractivity contribution in [2.45, 2.75) is 25.3 Å². The summed E-state index contributed by atoms with van der Waals surface area (Å²) in [5.74, 6) is 0.523. The van der Waals surface area contributed by atoms with Gasteiger partial charge < -0.3 is 19.7 Å². The number of amides is 2. The molecule has 0 spiro atoms. The van der Waals surface area contributed by atoms with Crippen LogP contribution in [0.1, 0.15) is 28.8 Å². The molecule has 2 amide bonds. The average molecular weight is 400 g/mol. The third kappa shape index (κ3) is 5.25. The number of methoxy groups -OCH3 is 2. The summed E-state index contributed by atoms with van der Waals surface area (Å²) in [7, 11) is 3.08. The Morgan fingerprint density at radius 2 is 1.79 bits per heavy atom. The van der Waals surface area contributed by atoms with Gasteiger partial charge in [-0.3, -0.25) is 9.59 Å². The molecule has 2 aromatic carbocycles. The Morgan fingerprint density at radius 3 is 2.45 bits per heavy atom. The van der Waals surface area contributed by atoms with E-state index in [9.17, 15) is 14.0 Å². The normalized spacial score (nSPS) is 14.4. The van der Waals surface area contributed by atoms with Gasteiger partial charge >= 0.3 is 0 Å². The van der Waals surface area contributed by atoms with Gasteiger partial charge in [0.2, 0.25) is 5.91 Å². The van der Waals surface area contributed by atoms with Crippen LogP contribution >= 0.6 is 0 Å². The molecule has 1 saturated heterocycles. The molecule has 0 saturated carbocycles. The Morgan fingerprint density at radius 1 is 1.07 bits per heavy atom. The van der Waals surface area contributed by atoms with Crippen LogP contribution in [0.3, 0.4) is 0 Å². The summed E-state index contributed by atoms with van der Waals surface area (Å²) >= 11 is 0. The molecule has 3 rings (SSSR count). The van der Waals surface area contributed by atoms with Crippen molar-refractivity contribution in [1.82, 2.24) is 10.2 Å². The molecule has 0 atom stereocenters. The van der Waals surface area contributed by atoms with Gasteiger partial charge in [-0.25, -0.2) is 4.39 Å². The summed E-state index contributed by atoms with van der Waals surface area (Å²) in [5.41, 5.74) is 1.18. The molecular weight excluding hydrogens is 375 g/mol. The predicted molar refractivity (Wildman–Crippen MR) is 107 cm³/mol. The van der Waals surface area contributed by atoms with Gasteiger partial charge in [-0.15, -0.1) is 0 Å². The number of hydrogen-bond acceptors (Lipinski definition) is 4. The molecule has 0 aromatic heterocycles. The summed E-state index contributed by atoms with van der Waals surface area (Å²) in [6, 6.07) is 11.2. The van der Waals surface area contributed by atoms with Crippen LogP contribution in [0.4, 0.5) is 4.39 Å². The third-order valence-electron chi connectivity index (χ3n) is 5.03. The van der Waals surface area contributed by atoms with Gasteiger partial charge in [-0.2, -0.15) is 0 Å². The molecule has 6 nitrogen and oxygen atoms in total. The zero-order valence-corrected chi connectivity index (χ0v) is 16.6. The number of nitrogens with one attached hydrogen (secondary N) is 1. The Balaban J connectivity index is 1.52. The Kier molecular flexibility index (Phi) is 6.69. The first-order valence-corrected chi connectivity index (χ1v) is 9.55. The highest BCUT2D eigenvalue weighted by Crippen LogP contribution is 2.28. The minimum absolute atomic E-state index is 0.00510. The second-order valence-electron chi connectivity index (χ2n) is 7.01. The lowest BCUT2D eigenvalue weighted by atomic mass is 10.0. The van der Waals surface area contributed by atoms with Crippen molar-refractivity contribution in [3.05, 3.63) is 59.4 Å². The van der Waals surface area contributed by atoms with E-state index in [0.717, 1.165) is 0 Å². The highest BCUT2D eigenvalue weighted by molar-refractivity contribution is 5.95. The fourth-order valence-electron chi connectivity index (χ4n) is 3.49. The molecule has 154 valence electrons. The second-order valence-corrected chi connectivity index (χ2v) is 7.01. The van der Waals surface area contributed by atoms with E-state index in [1.807, 2.05) is 0 Å². The van der Waals surface area contributed by atoms with Crippen LogP contribution in [0.2, 0.25) is 0 Å². The van der Waals surface area contributed by atoms with E-state index in [1.165, 1.54) is 19.2 Å². The summed E-state index contributed by atoms with van der Waals surface area (Å²) < 4.78 is 23.7. The standard InChI is InChI=1S/C22H25FN2O4/c1-28-19-7-6-16(14-20(19)29-2)22(27)25-10-8-18(9-11-25)24-21(26)13-15-4-3-5-17(23)12-15/h3-7,12,14,18H,8-11,13H2,1-2H3,(H,24,26). The van der Waals surface area contributed by atoms with Gasteiger partial charge in [-0.1, -0.05) is 12.1 Å². The van der Waals surface area contributed by atoms with Gasteiger partial charge in [0.05, 0.1) is 20.6 Å². The number of carbonyl (C=O) groups excluding carboxylic acids is 2. The third-order valence-corrected chi connectivity index (χ3v) is 5.03. The first-order chi connectivity index (χ1) is 14.0. The smallest absolute Gasteiger partial charge is 0.253 e. The van der Waals surface area contributed by atoms with E-state index in [2.05, 4.69) is 5.32 Å². The van der Waals surface area contributed by atoms with Crippen molar-refractivity contribution >= 4 is 11.8 Å². The number of piperidine rings is 1. The number of likely N-dealkylation sites (tertiary alicyclic amines) is 1. The number of hydrogen-bond donors (Lipinski definition) is 1. The molecule has 1 aliphatic rings. The zero-order chi connectivity index (χ0) is 20.8. The zero-order valence-electron chi connectivity index (χ0n) is 16.6. The lowest BCUT2D eigenvalue weighted by molar-refractivity contribution is -0.121. The van der Waals surface area contributed by atoms with Crippen molar-refractivity contribution < 1.29 is 23.5 Å². The lowest BCUT2D eigenvalue weighted by Crippen LogP contribution is -2.46. The van der Waals surface area contributed by atoms with Crippen molar-refractivity contribution in [1.29, 1.82) is 0 Å². The molecule has 1 N–H and O–H groups in total. The van der Waals surface area contributed by atoms with E-state index in [0.29, 0.717) is 48.6 Å². The summed E-state index contributed by atoms with van der Waals surface area (Å²) in [6.45, 7) is 1.11. The molecule has 0 aliphatic carbocycles. The van der Waals surface area contributed by atoms with Crippen LogP contribution in [0.15, 0.2) is 42.5 Å². The molecule has 1 fully saturated rings. The molecular formula is C22H25FN2O4. The van der Waals surface area contributed by atoms with E-state index >= 15 is 0 Å². The average Bonchev–Trinajstić information content (AvgIpc) is 2.73. The minimum Gasteiger partial charge on any atom is -0.493 e. The minimum atomic E-state index is -0.350. The summed E-state index contributed by atoms with van der Waals surface area (Å²) in [6.07, 6.45) is 1.49. The molecule has 1 heterocycles. The Labute approximate surface area is 169 Å². The number of rotatable bonds is 6. The molecule has 29 heavy (non-hydrogen) atoms. The molecule has 7 heteroatoms. The molecule has 1 aliphatic heterocycles. The van der Waals surface area contributed by atoms with Gasteiger partial charge in [0, 0.05) is 24.7 Å².